The topological polar surface area (TPSA) is 49.8 Å². The van der Waals surface area contributed by atoms with Crippen LogP contribution in [-0.4, -0.2) is 40.9 Å². The van der Waals surface area contributed by atoms with Crippen LogP contribution < -0.4 is 0 Å². The Labute approximate surface area is 115 Å². The Morgan fingerprint density at radius 2 is 2.37 bits per heavy atom. The summed E-state index contributed by atoms with van der Waals surface area (Å²) >= 11 is 0. The second-order valence-corrected chi connectivity index (χ2v) is 5.62. The van der Waals surface area contributed by atoms with Gasteiger partial charge in [-0.15, -0.1) is 0 Å². The van der Waals surface area contributed by atoms with E-state index in [0.29, 0.717) is 0 Å². The van der Waals surface area contributed by atoms with E-state index in [1.165, 1.54) is 0 Å². The lowest BCUT2D eigenvalue weighted by Crippen LogP contribution is -2.51. The fraction of sp³-hybridized carbons (Fsp3) is 0.800. The van der Waals surface area contributed by atoms with Gasteiger partial charge in [-0.1, -0.05) is 19.1 Å². The van der Waals surface area contributed by atoms with Gasteiger partial charge < -0.3 is 14.7 Å². The summed E-state index contributed by atoms with van der Waals surface area (Å²) in [4.78, 5) is 14.1. The third-order valence-electron chi connectivity index (χ3n) is 4.16. The maximum atomic E-state index is 12.2. The minimum absolute atomic E-state index is 0.00848. The zero-order valence-electron chi connectivity index (χ0n) is 11.9. The number of carbonyl (C=O) groups is 1. The molecular formula is C15H25NO3. The highest BCUT2D eigenvalue weighted by Gasteiger charge is 2.41. The van der Waals surface area contributed by atoms with Crippen LogP contribution in [0, 0.1) is 5.92 Å². The van der Waals surface area contributed by atoms with Crippen molar-refractivity contribution in [1.29, 1.82) is 0 Å². The van der Waals surface area contributed by atoms with Crippen molar-refractivity contribution in [3.8, 4) is 0 Å². The number of carbonyl (C=O) groups excluding carboxylic acids is 1. The Kier molecular flexibility index (Phi) is 4.99. The molecule has 0 spiro atoms. The Morgan fingerprint density at radius 3 is 3.11 bits per heavy atom. The van der Waals surface area contributed by atoms with Crippen LogP contribution in [0.25, 0.3) is 0 Å². The van der Waals surface area contributed by atoms with E-state index in [2.05, 4.69) is 0 Å². The van der Waals surface area contributed by atoms with Crippen LogP contribution in [0.5, 0.6) is 0 Å². The second-order valence-electron chi connectivity index (χ2n) is 5.62. The lowest BCUT2D eigenvalue weighted by Gasteiger charge is -2.39. The molecule has 0 aliphatic carbocycles. The lowest BCUT2D eigenvalue weighted by molar-refractivity contribution is -0.179. The summed E-state index contributed by atoms with van der Waals surface area (Å²) in [5.41, 5.74) is 0. The van der Waals surface area contributed by atoms with Gasteiger partial charge in [0.15, 0.2) is 0 Å². The molecule has 2 heterocycles. The normalized spacial score (nSPS) is 32.9. The predicted molar refractivity (Wildman–Crippen MR) is 73.4 cm³/mol. The highest BCUT2D eigenvalue weighted by molar-refractivity contribution is 5.80. The molecule has 0 radical (unpaired) electrons. The SMILES string of the molecule is C/C=C/[C@@H](O)CCC[C@@H]1O[C@H]2CCCN2C(=O)[C@H]1C. The second kappa shape index (κ2) is 6.53. The van der Waals surface area contributed by atoms with E-state index in [0.717, 1.165) is 38.6 Å². The van der Waals surface area contributed by atoms with E-state index in [-0.39, 0.29) is 30.3 Å². The number of nitrogens with zero attached hydrogens (tertiary/aromatic N) is 1. The molecular weight excluding hydrogens is 242 g/mol. The van der Waals surface area contributed by atoms with E-state index in [1.54, 1.807) is 6.08 Å². The molecule has 4 heteroatoms. The molecule has 4 atom stereocenters. The quantitative estimate of drug-likeness (QED) is 0.776. The molecule has 0 bridgehead atoms. The van der Waals surface area contributed by atoms with Crippen LogP contribution in [0.3, 0.4) is 0 Å². The number of ether oxygens (including phenoxy) is 1. The molecule has 2 fully saturated rings. The van der Waals surface area contributed by atoms with Crippen molar-refractivity contribution in [3.63, 3.8) is 0 Å². The summed E-state index contributed by atoms with van der Waals surface area (Å²) in [7, 11) is 0. The first-order valence-corrected chi connectivity index (χ1v) is 7.40. The summed E-state index contributed by atoms with van der Waals surface area (Å²) in [6.45, 7) is 4.72. The van der Waals surface area contributed by atoms with Gasteiger partial charge in [-0.25, -0.2) is 0 Å². The van der Waals surface area contributed by atoms with Gasteiger partial charge in [0, 0.05) is 6.54 Å². The molecule has 2 aliphatic rings. The Balaban J connectivity index is 1.81. The Bertz CT molecular complexity index is 342. The van der Waals surface area contributed by atoms with Crippen molar-refractivity contribution in [1.82, 2.24) is 4.90 Å². The molecule has 0 aromatic rings. The van der Waals surface area contributed by atoms with E-state index in [1.807, 2.05) is 24.8 Å². The fourth-order valence-corrected chi connectivity index (χ4v) is 3.03. The Hall–Kier alpha value is -0.870. The number of hydrogen-bond acceptors (Lipinski definition) is 3. The molecule has 1 N–H and O–H groups in total. The minimum Gasteiger partial charge on any atom is -0.389 e. The summed E-state index contributed by atoms with van der Waals surface area (Å²) in [5.74, 6) is 0.195. The fourth-order valence-electron chi connectivity index (χ4n) is 3.03. The van der Waals surface area contributed by atoms with Gasteiger partial charge >= 0.3 is 0 Å². The van der Waals surface area contributed by atoms with Gasteiger partial charge in [-0.3, -0.25) is 4.79 Å². The number of rotatable bonds is 5. The predicted octanol–water partition coefficient (Wildman–Crippen LogP) is 2.08. The van der Waals surface area contributed by atoms with Crippen molar-refractivity contribution >= 4 is 5.91 Å². The van der Waals surface area contributed by atoms with Gasteiger partial charge in [0.2, 0.25) is 5.91 Å². The van der Waals surface area contributed by atoms with Crippen LogP contribution >= 0.6 is 0 Å². The van der Waals surface area contributed by atoms with Gasteiger partial charge in [-0.2, -0.15) is 0 Å². The first-order valence-electron chi connectivity index (χ1n) is 7.40. The number of aliphatic hydroxyl groups is 1. The van der Waals surface area contributed by atoms with E-state index in [9.17, 15) is 9.90 Å². The zero-order valence-corrected chi connectivity index (χ0v) is 11.9. The van der Waals surface area contributed by atoms with Gasteiger partial charge in [0.1, 0.15) is 6.23 Å². The summed E-state index contributed by atoms with van der Waals surface area (Å²) in [5, 5.41) is 9.64. The number of aliphatic hydroxyl groups excluding tert-OH is 1. The van der Waals surface area contributed by atoms with Crippen molar-refractivity contribution in [2.45, 2.75) is 64.4 Å². The third-order valence-corrected chi connectivity index (χ3v) is 4.16. The van der Waals surface area contributed by atoms with Crippen molar-refractivity contribution in [2.75, 3.05) is 6.54 Å². The van der Waals surface area contributed by atoms with Crippen LogP contribution in [0.15, 0.2) is 12.2 Å². The zero-order chi connectivity index (χ0) is 13.8. The van der Waals surface area contributed by atoms with Gasteiger partial charge in [-0.05, 0) is 39.0 Å². The lowest BCUT2D eigenvalue weighted by atomic mass is 9.95. The molecule has 0 aromatic heterocycles. The molecule has 108 valence electrons. The first kappa shape index (κ1) is 14.5. The smallest absolute Gasteiger partial charge is 0.230 e. The number of allylic oxidation sites excluding steroid dienone is 1. The maximum absolute atomic E-state index is 12.2. The minimum atomic E-state index is -0.373. The molecule has 4 nitrogen and oxygen atoms in total. The number of hydrogen-bond donors (Lipinski definition) is 1. The van der Waals surface area contributed by atoms with Crippen LogP contribution in [-0.2, 0) is 9.53 Å². The highest BCUT2D eigenvalue weighted by atomic mass is 16.5. The van der Waals surface area contributed by atoms with Gasteiger partial charge in [0.05, 0.1) is 18.1 Å². The number of fused-ring (bicyclic) bond motifs is 1. The van der Waals surface area contributed by atoms with Crippen molar-refractivity contribution in [2.24, 2.45) is 5.92 Å². The van der Waals surface area contributed by atoms with Crippen molar-refractivity contribution in [3.05, 3.63) is 12.2 Å². The van der Waals surface area contributed by atoms with Crippen LogP contribution in [0.2, 0.25) is 0 Å². The molecule has 0 saturated carbocycles. The summed E-state index contributed by atoms with van der Waals surface area (Å²) in [6, 6.07) is 0. The largest absolute Gasteiger partial charge is 0.389 e. The molecule has 2 aliphatic heterocycles. The van der Waals surface area contributed by atoms with E-state index in [4.69, 9.17) is 4.74 Å². The van der Waals surface area contributed by atoms with Gasteiger partial charge in [0.25, 0.3) is 0 Å². The average molecular weight is 267 g/mol. The number of amides is 1. The summed E-state index contributed by atoms with van der Waals surface area (Å²) < 4.78 is 6.04. The molecule has 2 saturated heterocycles. The third kappa shape index (κ3) is 3.37. The highest BCUT2D eigenvalue weighted by Crippen LogP contribution is 2.31. The van der Waals surface area contributed by atoms with Crippen molar-refractivity contribution < 1.29 is 14.6 Å². The monoisotopic (exact) mass is 267 g/mol. The standard InChI is InChI=1S/C15H25NO3/c1-3-6-12(17)7-4-8-13-11(2)15(18)16-10-5-9-14(16)19-13/h3,6,11-14,17H,4-5,7-10H2,1-2H3/b6-3+/t11-,12+,13-,14-/m0/s1. The average Bonchev–Trinajstić information content (AvgIpc) is 2.84. The first-order chi connectivity index (χ1) is 9.13. The molecule has 1 amide bonds. The molecule has 0 unspecified atom stereocenters. The molecule has 2 rings (SSSR count). The maximum Gasteiger partial charge on any atom is 0.230 e. The van der Waals surface area contributed by atoms with Crippen LogP contribution in [0.4, 0.5) is 0 Å². The Morgan fingerprint density at radius 1 is 1.58 bits per heavy atom. The molecule has 0 aromatic carbocycles. The van der Waals surface area contributed by atoms with E-state index < -0.39 is 0 Å². The molecule has 19 heavy (non-hydrogen) atoms. The van der Waals surface area contributed by atoms with E-state index >= 15 is 0 Å². The van der Waals surface area contributed by atoms with Crippen LogP contribution in [0.1, 0.15) is 46.0 Å². The summed E-state index contributed by atoms with van der Waals surface area (Å²) in [6.07, 6.45) is 7.82.